The fraction of sp³-hybridized carbons (Fsp3) is 0.381. The predicted molar refractivity (Wildman–Crippen MR) is 107 cm³/mol. The first-order valence-electron chi connectivity index (χ1n) is 9.51. The Morgan fingerprint density at radius 3 is 2.59 bits per heavy atom. The summed E-state index contributed by atoms with van der Waals surface area (Å²) in [5, 5.41) is 6.85. The number of anilines is 1. The molecule has 3 heterocycles. The number of piperazine rings is 1. The summed E-state index contributed by atoms with van der Waals surface area (Å²) < 4.78 is 1.90. The SMILES string of the molecule is CC(C)n1ccc(CC(=O)N2CCN(c3cncc4ccccc34)CC2)n1. The molecule has 1 aliphatic rings. The van der Waals surface area contributed by atoms with E-state index < -0.39 is 0 Å². The molecule has 27 heavy (non-hydrogen) atoms. The minimum Gasteiger partial charge on any atom is -0.366 e. The van der Waals surface area contributed by atoms with Gasteiger partial charge in [-0.3, -0.25) is 14.5 Å². The highest BCUT2D eigenvalue weighted by molar-refractivity contribution is 5.93. The van der Waals surface area contributed by atoms with Gasteiger partial charge in [-0.1, -0.05) is 24.3 Å². The van der Waals surface area contributed by atoms with E-state index in [-0.39, 0.29) is 5.91 Å². The Labute approximate surface area is 159 Å². The summed E-state index contributed by atoms with van der Waals surface area (Å²) in [5.41, 5.74) is 1.99. The molecule has 140 valence electrons. The molecule has 4 rings (SSSR count). The average Bonchev–Trinajstić information content (AvgIpc) is 3.16. The first-order valence-corrected chi connectivity index (χ1v) is 9.51. The van der Waals surface area contributed by atoms with Gasteiger partial charge in [-0.05, 0) is 19.9 Å². The third-order valence-corrected chi connectivity index (χ3v) is 5.15. The Morgan fingerprint density at radius 2 is 1.85 bits per heavy atom. The van der Waals surface area contributed by atoms with Crippen molar-refractivity contribution in [2.24, 2.45) is 0 Å². The lowest BCUT2D eigenvalue weighted by molar-refractivity contribution is -0.130. The molecule has 1 aliphatic heterocycles. The summed E-state index contributed by atoms with van der Waals surface area (Å²) in [7, 11) is 0. The first kappa shape index (κ1) is 17.5. The number of hydrogen-bond donors (Lipinski definition) is 0. The maximum Gasteiger partial charge on any atom is 0.228 e. The van der Waals surface area contributed by atoms with Gasteiger partial charge in [0.25, 0.3) is 0 Å². The van der Waals surface area contributed by atoms with Crippen LogP contribution in [0.15, 0.2) is 48.9 Å². The molecule has 0 bridgehead atoms. The second-order valence-electron chi connectivity index (χ2n) is 7.31. The van der Waals surface area contributed by atoms with Crippen LogP contribution in [0.3, 0.4) is 0 Å². The van der Waals surface area contributed by atoms with Crippen LogP contribution in [0.1, 0.15) is 25.6 Å². The van der Waals surface area contributed by atoms with Crippen molar-refractivity contribution in [1.29, 1.82) is 0 Å². The van der Waals surface area contributed by atoms with Crippen molar-refractivity contribution < 1.29 is 4.79 Å². The molecule has 6 heteroatoms. The number of rotatable bonds is 4. The van der Waals surface area contributed by atoms with Crippen molar-refractivity contribution in [3.63, 3.8) is 0 Å². The van der Waals surface area contributed by atoms with E-state index in [1.165, 1.54) is 5.39 Å². The van der Waals surface area contributed by atoms with E-state index in [0.717, 1.165) is 42.9 Å². The van der Waals surface area contributed by atoms with Crippen LogP contribution in [-0.4, -0.2) is 51.8 Å². The lowest BCUT2D eigenvalue weighted by Crippen LogP contribution is -2.49. The fourth-order valence-electron chi connectivity index (χ4n) is 3.58. The van der Waals surface area contributed by atoms with Gasteiger partial charge in [0.2, 0.25) is 5.91 Å². The highest BCUT2D eigenvalue weighted by atomic mass is 16.2. The molecule has 0 unspecified atom stereocenters. The summed E-state index contributed by atoms with van der Waals surface area (Å²) >= 11 is 0. The van der Waals surface area contributed by atoms with E-state index in [4.69, 9.17) is 0 Å². The van der Waals surface area contributed by atoms with Crippen molar-refractivity contribution in [3.8, 4) is 0 Å². The Balaban J connectivity index is 1.40. The zero-order valence-electron chi connectivity index (χ0n) is 15.9. The van der Waals surface area contributed by atoms with Gasteiger partial charge in [0.05, 0.1) is 24.0 Å². The van der Waals surface area contributed by atoms with E-state index >= 15 is 0 Å². The fourth-order valence-corrected chi connectivity index (χ4v) is 3.58. The minimum atomic E-state index is 0.153. The molecule has 1 saturated heterocycles. The first-order chi connectivity index (χ1) is 13.1. The third kappa shape index (κ3) is 3.65. The molecule has 3 aromatic rings. The van der Waals surface area contributed by atoms with Crippen LogP contribution in [0, 0.1) is 0 Å². The second-order valence-corrected chi connectivity index (χ2v) is 7.31. The van der Waals surface area contributed by atoms with E-state index in [0.29, 0.717) is 12.5 Å². The normalized spacial score (nSPS) is 14.9. The molecule has 0 aliphatic carbocycles. The Hall–Kier alpha value is -2.89. The van der Waals surface area contributed by atoms with E-state index in [1.807, 2.05) is 40.3 Å². The van der Waals surface area contributed by atoms with Crippen molar-refractivity contribution >= 4 is 22.4 Å². The molecular weight excluding hydrogens is 338 g/mol. The zero-order valence-corrected chi connectivity index (χ0v) is 15.9. The maximum absolute atomic E-state index is 12.6. The van der Waals surface area contributed by atoms with Gasteiger partial charge in [0.1, 0.15) is 0 Å². The van der Waals surface area contributed by atoms with E-state index in [2.05, 4.69) is 47.0 Å². The lowest BCUT2D eigenvalue weighted by atomic mass is 10.1. The summed E-state index contributed by atoms with van der Waals surface area (Å²) in [5.74, 6) is 0.153. The number of nitrogens with zero attached hydrogens (tertiary/aromatic N) is 5. The molecule has 0 saturated carbocycles. The van der Waals surface area contributed by atoms with E-state index in [1.54, 1.807) is 0 Å². The average molecular weight is 363 g/mol. The Morgan fingerprint density at radius 1 is 1.07 bits per heavy atom. The molecule has 1 fully saturated rings. The molecule has 0 spiro atoms. The minimum absolute atomic E-state index is 0.153. The van der Waals surface area contributed by atoms with Crippen LogP contribution in [0.4, 0.5) is 5.69 Å². The van der Waals surface area contributed by atoms with Crippen LogP contribution in [0.25, 0.3) is 10.8 Å². The molecule has 0 atom stereocenters. The number of amides is 1. The number of hydrogen-bond acceptors (Lipinski definition) is 4. The summed E-state index contributed by atoms with van der Waals surface area (Å²) in [6, 6.07) is 10.6. The van der Waals surface area contributed by atoms with Crippen LogP contribution in [-0.2, 0) is 11.2 Å². The number of carbonyl (C=O) groups excluding carboxylic acids is 1. The van der Waals surface area contributed by atoms with Gasteiger partial charge in [0, 0.05) is 55.4 Å². The number of pyridine rings is 1. The molecule has 1 amide bonds. The van der Waals surface area contributed by atoms with Crippen molar-refractivity contribution in [3.05, 3.63) is 54.6 Å². The standard InChI is InChI=1S/C21H25N5O/c1-16(2)26-8-7-18(23-26)13-21(27)25-11-9-24(10-12-25)20-15-22-14-17-5-3-4-6-19(17)20/h3-8,14-16H,9-13H2,1-2H3. The Kier molecular flexibility index (Phi) is 4.79. The van der Waals surface area contributed by atoms with Crippen molar-refractivity contribution in [2.45, 2.75) is 26.3 Å². The third-order valence-electron chi connectivity index (χ3n) is 5.15. The lowest BCUT2D eigenvalue weighted by Gasteiger charge is -2.36. The van der Waals surface area contributed by atoms with Gasteiger partial charge in [-0.2, -0.15) is 5.10 Å². The van der Waals surface area contributed by atoms with Gasteiger partial charge in [-0.25, -0.2) is 0 Å². The Bertz CT molecular complexity index is 935. The number of carbonyl (C=O) groups is 1. The summed E-state index contributed by atoms with van der Waals surface area (Å²) in [6.45, 7) is 7.27. The van der Waals surface area contributed by atoms with Gasteiger partial charge in [-0.15, -0.1) is 0 Å². The highest BCUT2D eigenvalue weighted by Crippen LogP contribution is 2.26. The van der Waals surface area contributed by atoms with Crippen LogP contribution >= 0.6 is 0 Å². The molecule has 6 nitrogen and oxygen atoms in total. The largest absolute Gasteiger partial charge is 0.366 e. The van der Waals surface area contributed by atoms with E-state index in [9.17, 15) is 4.79 Å². The summed E-state index contributed by atoms with van der Waals surface area (Å²) in [6.07, 6.45) is 6.14. The number of fused-ring (bicyclic) bond motifs is 1. The maximum atomic E-state index is 12.6. The van der Waals surface area contributed by atoms with Crippen LogP contribution in [0.5, 0.6) is 0 Å². The number of aromatic nitrogens is 3. The summed E-state index contributed by atoms with van der Waals surface area (Å²) in [4.78, 5) is 21.3. The monoisotopic (exact) mass is 363 g/mol. The highest BCUT2D eigenvalue weighted by Gasteiger charge is 2.23. The molecule has 1 aromatic carbocycles. The smallest absolute Gasteiger partial charge is 0.228 e. The molecule has 2 aromatic heterocycles. The van der Waals surface area contributed by atoms with Gasteiger partial charge >= 0.3 is 0 Å². The zero-order chi connectivity index (χ0) is 18.8. The number of benzene rings is 1. The molecule has 0 N–H and O–H groups in total. The van der Waals surface area contributed by atoms with Crippen molar-refractivity contribution in [1.82, 2.24) is 19.7 Å². The molecular formula is C21H25N5O. The second kappa shape index (κ2) is 7.39. The topological polar surface area (TPSA) is 54.3 Å². The van der Waals surface area contributed by atoms with Gasteiger partial charge < -0.3 is 9.80 Å². The predicted octanol–water partition coefficient (Wildman–Crippen LogP) is 2.90. The quantitative estimate of drug-likeness (QED) is 0.715. The van der Waals surface area contributed by atoms with Crippen molar-refractivity contribution in [2.75, 3.05) is 31.1 Å². The van der Waals surface area contributed by atoms with Crippen LogP contribution in [0.2, 0.25) is 0 Å². The van der Waals surface area contributed by atoms with Gasteiger partial charge in [0.15, 0.2) is 0 Å². The van der Waals surface area contributed by atoms with Crippen LogP contribution < -0.4 is 4.90 Å². The molecule has 0 radical (unpaired) electrons.